The van der Waals surface area contributed by atoms with Crippen molar-refractivity contribution in [2.45, 2.75) is 20.5 Å². The van der Waals surface area contributed by atoms with E-state index in [1.807, 2.05) is 62.4 Å². The van der Waals surface area contributed by atoms with Crippen molar-refractivity contribution in [1.82, 2.24) is 4.68 Å². The Kier molecular flexibility index (Phi) is 7.58. The molecule has 0 spiro atoms. The molecule has 1 heterocycles. The second kappa shape index (κ2) is 10.6. The highest BCUT2D eigenvalue weighted by Crippen LogP contribution is 2.31. The number of amides is 1. The number of hydrogen-bond acceptors (Lipinski definition) is 3. The Hall–Kier alpha value is -2.84. The van der Waals surface area contributed by atoms with Crippen molar-refractivity contribution in [1.29, 1.82) is 5.26 Å². The SMILES string of the molecule is Cc1ccc(C)n1NC(=O)/C(C#N)=C\c1cc(I)c(OCc2cccc3ccccc23)c(I)c1. The minimum absolute atomic E-state index is 0.0310. The summed E-state index contributed by atoms with van der Waals surface area (Å²) in [6.07, 6.45) is 1.60. The van der Waals surface area contributed by atoms with E-state index in [2.05, 4.69) is 74.9 Å². The van der Waals surface area contributed by atoms with Gasteiger partial charge >= 0.3 is 0 Å². The molecule has 0 unspecified atom stereocenters. The van der Waals surface area contributed by atoms with E-state index in [1.165, 1.54) is 10.8 Å². The van der Waals surface area contributed by atoms with Crippen LogP contribution in [-0.4, -0.2) is 10.6 Å². The Labute approximate surface area is 225 Å². The van der Waals surface area contributed by atoms with Crippen LogP contribution in [0, 0.1) is 32.3 Å². The molecule has 0 saturated carbocycles. The smallest absolute Gasteiger partial charge is 0.280 e. The van der Waals surface area contributed by atoms with Gasteiger partial charge in [-0.2, -0.15) is 5.26 Å². The van der Waals surface area contributed by atoms with Crippen LogP contribution in [0.3, 0.4) is 0 Å². The molecule has 1 aromatic heterocycles. The van der Waals surface area contributed by atoms with Gasteiger partial charge in [-0.3, -0.25) is 14.9 Å². The van der Waals surface area contributed by atoms with Crippen LogP contribution < -0.4 is 10.2 Å². The lowest BCUT2D eigenvalue weighted by molar-refractivity contribution is -0.113. The first-order chi connectivity index (χ1) is 16.4. The Balaban J connectivity index is 1.55. The van der Waals surface area contributed by atoms with E-state index < -0.39 is 5.91 Å². The van der Waals surface area contributed by atoms with Crippen LogP contribution in [0.5, 0.6) is 5.75 Å². The molecule has 7 heteroatoms. The van der Waals surface area contributed by atoms with Gasteiger partial charge in [-0.1, -0.05) is 42.5 Å². The molecule has 5 nitrogen and oxygen atoms in total. The summed E-state index contributed by atoms with van der Waals surface area (Å²) in [6, 6.07) is 24.1. The van der Waals surface area contributed by atoms with Gasteiger partial charge in [0.2, 0.25) is 0 Å². The number of hydrogen-bond donors (Lipinski definition) is 1. The molecule has 0 radical (unpaired) electrons. The molecular weight excluding hydrogens is 652 g/mol. The van der Waals surface area contributed by atoms with Gasteiger partial charge in [-0.25, -0.2) is 0 Å². The van der Waals surface area contributed by atoms with Crippen LogP contribution in [-0.2, 0) is 11.4 Å². The zero-order valence-electron chi connectivity index (χ0n) is 18.6. The molecule has 1 amide bonds. The zero-order valence-corrected chi connectivity index (χ0v) is 22.9. The number of aromatic nitrogens is 1. The predicted octanol–water partition coefficient (Wildman–Crippen LogP) is 6.72. The number of aryl methyl sites for hydroxylation is 2. The Morgan fingerprint density at radius 3 is 2.35 bits per heavy atom. The minimum atomic E-state index is -0.453. The highest BCUT2D eigenvalue weighted by atomic mass is 127. The first-order valence-corrected chi connectivity index (χ1v) is 12.7. The van der Waals surface area contributed by atoms with Crippen molar-refractivity contribution in [3.63, 3.8) is 0 Å². The minimum Gasteiger partial charge on any atom is -0.487 e. The third-order valence-electron chi connectivity index (χ3n) is 5.43. The highest BCUT2D eigenvalue weighted by Gasteiger charge is 2.14. The average Bonchev–Trinajstić information content (AvgIpc) is 3.14. The van der Waals surface area contributed by atoms with Crippen LogP contribution in [0.4, 0.5) is 0 Å². The van der Waals surface area contributed by atoms with Crippen LogP contribution in [0.1, 0.15) is 22.5 Å². The Morgan fingerprint density at radius 2 is 1.68 bits per heavy atom. The molecule has 1 N–H and O–H groups in total. The van der Waals surface area contributed by atoms with Gasteiger partial charge in [0.1, 0.15) is 24.0 Å². The molecule has 34 heavy (non-hydrogen) atoms. The first kappa shape index (κ1) is 24.3. The van der Waals surface area contributed by atoms with E-state index in [4.69, 9.17) is 4.74 Å². The third-order valence-corrected chi connectivity index (χ3v) is 7.04. The summed E-state index contributed by atoms with van der Waals surface area (Å²) in [5.41, 5.74) is 6.47. The fourth-order valence-electron chi connectivity index (χ4n) is 3.69. The van der Waals surface area contributed by atoms with E-state index in [0.29, 0.717) is 6.61 Å². The number of halogens is 2. The normalized spacial score (nSPS) is 11.3. The number of nitrogens with one attached hydrogen (secondary N) is 1. The summed E-state index contributed by atoms with van der Waals surface area (Å²) in [5.74, 6) is 0.332. The summed E-state index contributed by atoms with van der Waals surface area (Å²) in [5, 5.41) is 12.0. The quantitative estimate of drug-likeness (QED) is 0.141. The van der Waals surface area contributed by atoms with Crippen LogP contribution in [0.25, 0.3) is 16.8 Å². The van der Waals surface area contributed by atoms with Gasteiger partial charge in [0.15, 0.2) is 0 Å². The maximum absolute atomic E-state index is 12.7. The molecule has 0 fully saturated rings. The van der Waals surface area contributed by atoms with Gasteiger partial charge in [0.25, 0.3) is 5.91 Å². The Bertz CT molecular complexity index is 1420. The summed E-state index contributed by atoms with van der Waals surface area (Å²) in [4.78, 5) is 12.7. The lowest BCUT2D eigenvalue weighted by Gasteiger charge is -2.13. The lowest BCUT2D eigenvalue weighted by Crippen LogP contribution is -2.25. The summed E-state index contributed by atoms with van der Waals surface area (Å²) < 4.78 is 9.70. The molecule has 0 saturated heterocycles. The van der Waals surface area contributed by atoms with Gasteiger partial charge in [-0.15, -0.1) is 0 Å². The van der Waals surface area contributed by atoms with E-state index in [0.717, 1.165) is 35.4 Å². The van der Waals surface area contributed by atoms with Crippen LogP contribution in [0.2, 0.25) is 0 Å². The lowest BCUT2D eigenvalue weighted by atomic mass is 10.1. The maximum Gasteiger partial charge on any atom is 0.280 e. The standard InChI is InChI=1S/C27H21I2N3O2/c1-17-10-11-18(2)32(17)31-27(33)22(15-30)12-19-13-24(28)26(25(29)14-19)34-16-21-8-5-7-20-6-3-4-9-23(20)21/h3-14H,16H2,1-2H3,(H,31,33)/b22-12-. The van der Waals surface area contributed by atoms with Crippen LogP contribution in [0.15, 0.2) is 72.3 Å². The van der Waals surface area contributed by atoms with E-state index >= 15 is 0 Å². The molecule has 0 bridgehead atoms. The van der Waals surface area contributed by atoms with Crippen molar-refractivity contribution in [2.24, 2.45) is 0 Å². The van der Waals surface area contributed by atoms with Crippen molar-refractivity contribution >= 4 is 67.9 Å². The van der Waals surface area contributed by atoms with Gasteiger partial charge in [0.05, 0.1) is 7.14 Å². The monoisotopic (exact) mass is 673 g/mol. The van der Waals surface area contributed by atoms with Crippen LogP contribution >= 0.6 is 45.2 Å². The second-order valence-electron chi connectivity index (χ2n) is 7.80. The molecule has 0 aliphatic carbocycles. The number of fused-ring (bicyclic) bond motifs is 1. The fraction of sp³-hybridized carbons (Fsp3) is 0.111. The molecule has 3 aromatic carbocycles. The number of nitriles is 1. The molecule has 4 rings (SSSR count). The van der Waals surface area contributed by atoms with Crippen molar-refractivity contribution in [3.8, 4) is 11.8 Å². The average molecular weight is 673 g/mol. The molecular formula is C27H21I2N3O2. The second-order valence-corrected chi connectivity index (χ2v) is 10.1. The van der Waals surface area contributed by atoms with Crippen molar-refractivity contribution in [3.05, 3.63) is 102 Å². The molecule has 4 aromatic rings. The van der Waals surface area contributed by atoms with E-state index in [1.54, 1.807) is 10.8 Å². The number of ether oxygens (including phenoxy) is 1. The van der Waals surface area contributed by atoms with E-state index in [-0.39, 0.29) is 5.57 Å². The predicted molar refractivity (Wildman–Crippen MR) is 152 cm³/mol. The molecule has 170 valence electrons. The Morgan fingerprint density at radius 1 is 1.03 bits per heavy atom. The third kappa shape index (κ3) is 5.28. The first-order valence-electron chi connectivity index (χ1n) is 10.5. The largest absolute Gasteiger partial charge is 0.487 e. The molecule has 0 atom stereocenters. The number of carbonyl (C=O) groups excluding carboxylic acids is 1. The fourth-order valence-corrected chi connectivity index (χ4v) is 5.82. The zero-order chi connectivity index (χ0) is 24.2. The van der Waals surface area contributed by atoms with Crippen molar-refractivity contribution in [2.75, 3.05) is 5.43 Å². The molecule has 0 aliphatic heterocycles. The number of benzene rings is 3. The summed E-state index contributed by atoms with van der Waals surface area (Å²) in [7, 11) is 0. The topological polar surface area (TPSA) is 67.0 Å². The maximum atomic E-state index is 12.7. The number of rotatable bonds is 6. The van der Waals surface area contributed by atoms with Gasteiger partial charge in [-0.05, 0) is 111 Å². The van der Waals surface area contributed by atoms with Gasteiger partial charge in [0, 0.05) is 11.4 Å². The number of carbonyl (C=O) groups is 1. The number of nitrogens with zero attached hydrogens (tertiary/aromatic N) is 2. The van der Waals surface area contributed by atoms with Gasteiger partial charge < -0.3 is 4.74 Å². The summed E-state index contributed by atoms with van der Waals surface area (Å²) in [6.45, 7) is 4.24. The van der Waals surface area contributed by atoms with E-state index in [9.17, 15) is 10.1 Å². The summed E-state index contributed by atoms with van der Waals surface area (Å²) >= 11 is 4.46. The van der Waals surface area contributed by atoms with Crippen molar-refractivity contribution < 1.29 is 9.53 Å². The molecule has 0 aliphatic rings. The highest BCUT2D eigenvalue weighted by molar-refractivity contribution is 14.1.